The van der Waals surface area contributed by atoms with Crippen LogP contribution in [0, 0.1) is 0 Å². The van der Waals surface area contributed by atoms with Crippen LogP contribution in [0.2, 0.25) is 0 Å². The normalized spacial score (nSPS) is 21.8. The quantitative estimate of drug-likeness (QED) is 0.657. The highest BCUT2D eigenvalue weighted by atomic mass is 35.5. The fourth-order valence-corrected chi connectivity index (χ4v) is 3.71. The van der Waals surface area contributed by atoms with E-state index in [0.29, 0.717) is 32.0 Å². The van der Waals surface area contributed by atoms with Crippen molar-refractivity contribution in [2.75, 3.05) is 31.3 Å². The fraction of sp³-hybridized carbons (Fsp3) is 1.00. The summed E-state index contributed by atoms with van der Waals surface area (Å²) in [7, 11) is -3.18. The Morgan fingerprint density at radius 2 is 2.25 bits per heavy atom. The van der Waals surface area contributed by atoms with E-state index in [1.165, 1.54) is 4.31 Å². The molecular weight excluding hydrogens is 250 g/mol. The summed E-state index contributed by atoms with van der Waals surface area (Å²) in [6, 6.07) is 0. The predicted molar refractivity (Wildman–Crippen MR) is 65.3 cm³/mol. The van der Waals surface area contributed by atoms with Crippen molar-refractivity contribution in [3.63, 3.8) is 0 Å². The Bertz CT molecular complexity index is 288. The topological polar surface area (TPSA) is 46.6 Å². The van der Waals surface area contributed by atoms with Gasteiger partial charge in [0.2, 0.25) is 10.0 Å². The standard InChI is InChI=1S/C10H20ClNO3S/c1-2-12(7-4-6-11)16(13,14)9-10-5-3-8-15-10/h10H,2-9H2,1H3. The molecule has 1 atom stereocenters. The first-order chi connectivity index (χ1) is 7.60. The third-order valence-electron chi connectivity index (χ3n) is 2.71. The Morgan fingerprint density at radius 1 is 1.50 bits per heavy atom. The molecule has 0 aromatic carbocycles. The Labute approximate surface area is 103 Å². The van der Waals surface area contributed by atoms with Gasteiger partial charge in [0.25, 0.3) is 0 Å². The van der Waals surface area contributed by atoms with Gasteiger partial charge in [0.05, 0.1) is 11.9 Å². The molecule has 0 N–H and O–H groups in total. The summed E-state index contributed by atoms with van der Waals surface area (Å²) in [6.07, 6.45) is 2.40. The van der Waals surface area contributed by atoms with Crippen molar-refractivity contribution in [1.82, 2.24) is 4.31 Å². The van der Waals surface area contributed by atoms with Crippen LogP contribution in [0.15, 0.2) is 0 Å². The van der Waals surface area contributed by atoms with Crippen molar-refractivity contribution in [1.29, 1.82) is 0 Å². The lowest BCUT2D eigenvalue weighted by molar-refractivity contribution is 0.126. The maximum absolute atomic E-state index is 12.0. The van der Waals surface area contributed by atoms with E-state index >= 15 is 0 Å². The van der Waals surface area contributed by atoms with Crippen LogP contribution in [0.25, 0.3) is 0 Å². The first-order valence-corrected chi connectivity index (χ1v) is 7.90. The van der Waals surface area contributed by atoms with Crippen molar-refractivity contribution in [3.05, 3.63) is 0 Å². The van der Waals surface area contributed by atoms with Crippen molar-refractivity contribution >= 4 is 21.6 Å². The molecule has 4 nitrogen and oxygen atoms in total. The van der Waals surface area contributed by atoms with Gasteiger partial charge in [-0.2, -0.15) is 0 Å². The summed E-state index contributed by atoms with van der Waals surface area (Å²) in [5.74, 6) is 0.606. The van der Waals surface area contributed by atoms with Gasteiger partial charge >= 0.3 is 0 Å². The molecule has 0 aromatic heterocycles. The van der Waals surface area contributed by atoms with Gasteiger partial charge in [-0.15, -0.1) is 11.6 Å². The van der Waals surface area contributed by atoms with E-state index in [0.717, 1.165) is 12.8 Å². The van der Waals surface area contributed by atoms with Crippen molar-refractivity contribution in [3.8, 4) is 0 Å². The van der Waals surface area contributed by atoms with E-state index in [2.05, 4.69) is 0 Å². The molecule has 0 spiro atoms. The van der Waals surface area contributed by atoms with E-state index < -0.39 is 10.0 Å². The lowest BCUT2D eigenvalue weighted by atomic mass is 10.3. The smallest absolute Gasteiger partial charge is 0.216 e. The monoisotopic (exact) mass is 269 g/mol. The predicted octanol–water partition coefficient (Wildman–Crippen LogP) is 1.45. The molecule has 1 rings (SSSR count). The number of rotatable bonds is 7. The minimum atomic E-state index is -3.18. The molecule has 1 aliphatic rings. The molecule has 0 saturated carbocycles. The van der Waals surface area contributed by atoms with Gasteiger partial charge in [-0.25, -0.2) is 12.7 Å². The number of hydrogen-bond acceptors (Lipinski definition) is 3. The van der Waals surface area contributed by atoms with Crippen LogP contribution in [-0.2, 0) is 14.8 Å². The van der Waals surface area contributed by atoms with E-state index in [1.807, 2.05) is 6.92 Å². The maximum Gasteiger partial charge on any atom is 0.216 e. The minimum Gasteiger partial charge on any atom is -0.377 e. The first-order valence-electron chi connectivity index (χ1n) is 5.75. The summed E-state index contributed by atoms with van der Waals surface area (Å²) < 4.78 is 30.9. The van der Waals surface area contributed by atoms with Gasteiger partial charge in [0.1, 0.15) is 0 Å². The average Bonchev–Trinajstić information content (AvgIpc) is 2.70. The van der Waals surface area contributed by atoms with Gasteiger partial charge in [-0.05, 0) is 19.3 Å². The molecule has 6 heteroatoms. The van der Waals surface area contributed by atoms with E-state index in [4.69, 9.17) is 16.3 Å². The number of ether oxygens (including phenoxy) is 1. The first kappa shape index (κ1) is 14.2. The van der Waals surface area contributed by atoms with Crippen LogP contribution in [0.3, 0.4) is 0 Å². The van der Waals surface area contributed by atoms with Crippen molar-refractivity contribution < 1.29 is 13.2 Å². The zero-order chi connectivity index (χ0) is 12.0. The molecule has 0 bridgehead atoms. The van der Waals surface area contributed by atoms with E-state index in [-0.39, 0.29) is 11.9 Å². The molecule has 16 heavy (non-hydrogen) atoms. The summed E-state index contributed by atoms with van der Waals surface area (Å²) in [6.45, 7) is 3.55. The zero-order valence-corrected chi connectivity index (χ0v) is 11.3. The lowest BCUT2D eigenvalue weighted by Gasteiger charge is -2.21. The van der Waals surface area contributed by atoms with Gasteiger partial charge in [0, 0.05) is 25.6 Å². The molecule has 1 aliphatic heterocycles. The third-order valence-corrected chi connectivity index (χ3v) is 5.00. The highest BCUT2D eigenvalue weighted by Crippen LogP contribution is 2.16. The molecule has 0 amide bonds. The summed E-state index contributed by atoms with van der Waals surface area (Å²) in [5.41, 5.74) is 0. The van der Waals surface area contributed by atoms with E-state index in [1.54, 1.807) is 0 Å². The van der Waals surface area contributed by atoms with Crippen LogP contribution >= 0.6 is 11.6 Å². The van der Waals surface area contributed by atoms with Crippen LogP contribution in [0.4, 0.5) is 0 Å². The molecule has 0 aromatic rings. The van der Waals surface area contributed by atoms with Gasteiger partial charge < -0.3 is 4.74 Å². The minimum absolute atomic E-state index is 0.114. The Balaban J connectivity index is 2.51. The second-order valence-electron chi connectivity index (χ2n) is 3.95. The Hall–Kier alpha value is 0.160. The summed E-state index contributed by atoms with van der Waals surface area (Å²) >= 11 is 5.58. The molecule has 1 unspecified atom stereocenters. The zero-order valence-electron chi connectivity index (χ0n) is 9.69. The Morgan fingerprint density at radius 3 is 2.75 bits per heavy atom. The van der Waals surface area contributed by atoms with E-state index in [9.17, 15) is 8.42 Å². The summed E-state index contributed by atoms with van der Waals surface area (Å²) in [4.78, 5) is 0. The van der Waals surface area contributed by atoms with Crippen LogP contribution in [0.5, 0.6) is 0 Å². The fourth-order valence-electron chi connectivity index (χ4n) is 1.85. The molecule has 0 aliphatic carbocycles. The SMILES string of the molecule is CCN(CCCCl)S(=O)(=O)CC1CCCO1. The molecule has 1 saturated heterocycles. The van der Waals surface area contributed by atoms with Gasteiger partial charge in [-0.1, -0.05) is 6.92 Å². The van der Waals surface area contributed by atoms with Crippen LogP contribution in [-0.4, -0.2) is 50.2 Å². The number of sulfonamides is 1. The summed E-state index contributed by atoms with van der Waals surface area (Å²) in [5, 5.41) is 0. The third kappa shape index (κ3) is 4.20. The van der Waals surface area contributed by atoms with Crippen LogP contribution in [0.1, 0.15) is 26.2 Å². The van der Waals surface area contributed by atoms with Crippen molar-refractivity contribution in [2.45, 2.75) is 32.3 Å². The Kier molecular flexibility index (Phi) is 6.03. The molecule has 0 radical (unpaired) electrons. The lowest BCUT2D eigenvalue weighted by Crippen LogP contribution is -2.37. The highest BCUT2D eigenvalue weighted by molar-refractivity contribution is 7.89. The average molecular weight is 270 g/mol. The number of halogens is 1. The molecular formula is C10H20ClNO3S. The van der Waals surface area contributed by atoms with Crippen LogP contribution < -0.4 is 0 Å². The molecule has 1 fully saturated rings. The second kappa shape index (κ2) is 6.79. The van der Waals surface area contributed by atoms with Gasteiger partial charge in [-0.3, -0.25) is 0 Å². The highest BCUT2D eigenvalue weighted by Gasteiger charge is 2.27. The second-order valence-corrected chi connectivity index (χ2v) is 6.34. The molecule has 96 valence electrons. The maximum atomic E-state index is 12.0. The number of hydrogen-bond donors (Lipinski definition) is 0. The molecule has 1 heterocycles. The number of nitrogens with zero attached hydrogens (tertiary/aromatic N) is 1. The van der Waals surface area contributed by atoms with Crippen molar-refractivity contribution in [2.24, 2.45) is 0 Å². The van der Waals surface area contributed by atoms with Gasteiger partial charge in [0.15, 0.2) is 0 Å². The largest absolute Gasteiger partial charge is 0.377 e. The number of alkyl halides is 1.